The summed E-state index contributed by atoms with van der Waals surface area (Å²) in [6.07, 6.45) is 2.27. The Morgan fingerprint density at radius 3 is 2.46 bits per heavy atom. The first-order valence-electron chi connectivity index (χ1n) is 4.67. The van der Waals surface area contributed by atoms with Crippen LogP contribution < -0.4 is 11.1 Å². The SMILES string of the molecule is CCC(CC)Nc1snc(N)c1C. The molecule has 13 heavy (non-hydrogen) atoms. The highest BCUT2D eigenvalue weighted by atomic mass is 32.1. The number of nitrogens with two attached hydrogens (primary N) is 1. The summed E-state index contributed by atoms with van der Waals surface area (Å²) in [6.45, 7) is 6.37. The highest BCUT2D eigenvalue weighted by Gasteiger charge is 2.09. The summed E-state index contributed by atoms with van der Waals surface area (Å²) in [7, 11) is 0. The maximum Gasteiger partial charge on any atom is 0.142 e. The Hall–Kier alpha value is -0.770. The summed E-state index contributed by atoms with van der Waals surface area (Å²) in [5, 5.41) is 4.56. The molecular weight excluding hydrogens is 182 g/mol. The minimum Gasteiger partial charge on any atom is -0.383 e. The maximum atomic E-state index is 5.66. The molecule has 1 aromatic rings. The summed E-state index contributed by atoms with van der Waals surface area (Å²) >= 11 is 1.45. The van der Waals surface area contributed by atoms with E-state index in [0.29, 0.717) is 11.9 Å². The normalized spacial score (nSPS) is 10.8. The molecule has 0 atom stereocenters. The van der Waals surface area contributed by atoms with Crippen LogP contribution in [0.15, 0.2) is 0 Å². The number of anilines is 2. The van der Waals surface area contributed by atoms with E-state index in [0.717, 1.165) is 23.4 Å². The Kier molecular flexibility index (Phi) is 3.54. The van der Waals surface area contributed by atoms with Crippen molar-refractivity contribution in [2.45, 2.75) is 39.7 Å². The monoisotopic (exact) mass is 199 g/mol. The van der Waals surface area contributed by atoms with Crippen LogP contribution in [-0.4, -0.2) is 10.4 Å². The van der Waals surface area contributed by atoms with Crippen LogP contribution in [0.3, 0.4) is 0 Å². The molecule has 3 nitrogen and oxygen atoms in total. The standard InChI is InChI=1S/C9H17N3S/c1-4-7(5-2)11-9-6(3)8(10)12-13-9/h7,11H,4-5H2,1-3H3,(H2,10,12). The second-order valence-electron chi connectivity index (χ2n) is 3.18. The van der Waals surface area contributed by atoms with Crippen molar-refractivity contribution < 1.29 is 0 Å². The van der Waals surface area contributed by atoms with Gasteiger partial charge in [-0.25, -0.2) is 0 Å². The molecule has 0 amide bonds. The summed E-state index contributed by atoms with van der Waals surface area (Å²) in [6, 6.07) is 0.540. The van der Waals surface area contributed by atoms with Crippen molar-refractivity contribution in [1.29, 1.82) is 0 Å². The molecule has 3 N–H and O–H groups in total. The molecule has 1 rings (SSSR count). The fraction of sp³-hybridized carbons (Fsp3) is 0.667. The summed E-state index contributed by atoms with van der Waals surface area (Å²) < 4.78 is 4.09. The molecule has 0 saturated heterocycles. The maximum absolute atomic E-state index is 5.66. The van der Waals surface area contributed by atoms with E-state index in [9.17, 15) is 0 Å². The van der Waals surface area contributed by atoms with Gasteiger partial charge >= 0.3 is 0 Å². The third kappa shape index (κ3) is 2.34. The van der Waals surface area contributed by atoms with Crippen LogP contribution >= 0.6 is 11.5 Å². The van der Waals surface area contributed by atoms with Gasteiger partial charge in [-0.2, -0.15) is 4.37 Å². The first kappa shape index (κ1) is 10.3. The number of hydrogen-bond acceptors (Lipinski definition) is 4. The third-order valence-corrected chi connectivity index (χ3v) is 3.18. The topological polar surface area (TPSA) is 50.9 Å². The van der Waals surface area contributed by atoms with Crippen LogP contribution in [0, 0.1) is 6.92 Å². The predicted octanol–water partition coefficient (Wildman–Crippen LogP) is 2.63. The van der Waals surface area contributed by atoms with Crippen LogP contribution in [0.1, 0.15) is 32.3 Å². The van der Waals surface area contributed by atoms with Gasteiger partial charge in [0.05, 0.1) is 0 Å². The minimum atomic E-state index is 0.540. The van der Waals surface area contributed by atoms with Gasteiger partial charge < -0.3 is 11.1 Å². The number of nitrogens with one attached hydrogen (secondary N) is 1. The van der Waals surface area contributed by atoms with Gasteiger partial charge in [0, 0.05) is 11.6 Å². The van der Waals surface area contributed by atoms with Crippen molar-refractivity contribution in [2.75, 3.05) is 11.1 Å². The Balaban J connectivity index is 2.67. The highest BCUT2D eigenvalue weighted by Crippen LogP contribution is 2.26. The Bertz CT molecular complexity index is 266. The van der Waals surface area contributed by atoms with Gasteiger partial charge in [0.15, 0.2) is 0 Å². The molecule has 1 heterocycles. The third-order valence-electron chi connectivity index (χ3n) is 2.28. The zero-order valence-corrected chi connectivity index (χ0v) is 9.24. The van der Waals surface area contributed by atoms with Crippen molar-refractivity contribution in [2.24, 2.45) is 0 Å². The van der Waals surface area contributed by atoms with E-state index in [1.165, 1.54) is 11.5 Å². The second kappa shape index (κ2) is 4.46. The number of nitrogens with zero attached hydrogens (tertiary/aromatic N) is 1. The Labute approximate surface area is 83.5 Å². The molecular formula is C9H17N3S. The summed E-state index contributed by atoms with van der Waals surface area (Å²) in [4.78, 5) is 0. The van der Waals surface area contributed by atoms with Gasteiger partial charge in [-0.1, -0.05) is 13.8 Å². The van der Waals surface area contributed by atoms with E-state index in [2.05, 4.69) is 23.5 Å². The lowest BCUT2D eigenvalue weighted by atomic mass is 10.2. The molecule has 0 aliphatic heterocycles. The minimum absolute atomic E-state index is 0.540. The van der Waals surface area contributed by atoms with E-state index < -0.39 is 0 Å². The van der Waals surface area contributed by atoms with Gasteiger partial charge in [0.1, 0.15) is 10.8 Å². The zero-order chi connectivity index (χ0) is 9.84. The van der Waals surface area contributed by atoms with Crippen LogP contribution in [0.4, 0.5) is 10.8 Å². The second-order valence-corrected chi connectivity index (χ2v) is 3.95. The fourth-order valence-electron chi connectivity index (χ4n) is 1.16. The van der Waals surface area contributed by atoms with E-state index >= 15 is 0 Å². The summed E-state index contributed by atoms with van der Waals surface area (Å²) in [5.74, 6) is 0.651. The molecule has 0 spiro atoms. The smallest absolute Gasteiger partial charge is 0.142 e. The Morgan fingerprint density at radius 2 is 2.08 bits per heavy atom. The molecule has 74 valence electrons. The van der Waals surface area contributed by atoms with Crippen LogP contribution in [0.25, 0.3) is 0 Å². The van der Waals surface area contributed by atoms with Gasteiger partial charge in [-0.05, 0) is 31.3 Å². The molecule has 0 aliphatic carbocycles. The number of nitrogen functional groups attached to an aromatic ring is 1. The quantitative estimate of drug-likeness (QED) is 0.783. The lowest BCUT2D eigenvalue weighted by molar-refractivity contribution is 0.673. The van der Waals surface area contributed by atoms with Gasteiger partial charge in [0.2, 0.25) is 0 Å². The predicted molar refractivity (Wildman–Crippen MR) is 59.3 cm³/mol. The zero-order valence-electron chi connectivity index (χ0n) is 8.42. The van der Waals surface area contributed by atoms with Crippen LogP contribution in [0.2, 0.25) is 0 Å². The average Bonchev–Trinajstić information content (AvgIpc) is 2.45. The van der Waals surface area contributed by atoms with Crippen molar-refractivity contribution in [3.63, 3.8) is 0 Å². The molecule has 0 aromatic carbocycles. The lowest BCUT2D eigenvalue weighted by Crippen LogP contribution is -2.16. The first-order valence-corrected chi connectivity index (χ1v) is 5.44. The Morgan fingerprint density at radius 1 is 1.46 bits per heavy atom. The molecule has 4 heteroatoms. The van der Waals surface area contributed by atoms with Crippen LogP contribution in [-0.2, 0) is 0 Å². The van der Waals surface area contributed by atoms with E-state index in [-0.39, 0.29) is 0 Å². The molecule has 0 saturated carbocycles. The van der Waals surface area contributed by atoms with Gasteiger partial charge in [-0.15, -0.1) is 0 Å². The fourth-order valence-corrected chi connectivity index (χ4v) is 1.95. The number of hydrogen-bond donors (Lipinski definition) is 2. The van der Waals surface area contributed by atoms with Crippen molar-refractivity contribution >= 4 is 22.4 Å². The molecule has 0 radical (unpaired) electrons. The molecule has 1 aromatic heterocycles. The molecule has 0 bridgehead atoms. The van der Waals surface area contributed by atoms with Crippen molar-refractivity contribution in [1.82, 2.24) is 4.37 Å². The number of aromatic nitrogens is 1. The van der Waals surface area contributed by atoms with Crippen molar-refractivity contribution in [3.05, 3.63) is 5.56 Å². The van der Waals surface area contributed by atoms with E-state index in [4.69, 9.17) is 5.73 Å². The van der Waals surface area contributed by atoms with Crippen LogP contribution in [0.5, 0.6) is 0 Å². The largest absolute Gasteiger partial charge is 0.383 e. The molecule has 0 fully saturated rings. The van der Waals surface area contributed by atoms with E-state index in [1.54, 1.807) is 0 Å². The van der Waals surface area contributed by atoms with Gasteiger partial charge in [-0.3, -0.25) is 0 Å². The van der Waals surface area contributed by atoms with Gasteiger partial charge in [0.25, 0.3) is 0 Å². The lowest BCUT2D eigenvalue weighted by Gasteiger charge is -2.14. The summed E-state index contributed by atoms with van der Waals surface area (Å²) in [5.41, 5.74) is 6.74. The molecule has 0 aliphatic rings. The van der Waals surface area contributed by atoms with Crippen molar-refractivity contribution in [3.8, 4) is 0 Å². The number of rotatable bonds is 4. The first-order chi connectivity index (χ1) is 6.19. The average molecular weight is 199 g/mol. The highest BCUT2D eigenvalue weighted by molar-refractivity contribution is 7.10. The molecule has 0 unspecified atom stereocenters. The van der Waals surface area contributed by atoms with E-state index in [1.807, 2.05) is 6.92 Å².